The third kappa shape index (κ3) is 3.10. The summed E-state index contributed by atoms with van der Waals surface area (Å²) in [6, 6.07) is 7.04. The highest BCUT2D eigenvalue weighted by molar-refractivity contribution is 6.06. The molecule has 1 aromatic heterocycles. The maximum atomic E-state index is 11.9. The first-order chi connectivity index (χ1) is 11.0. The Hall–Kier alpha value is -3.03. The molecule has 8 heteroatoms. The van der Waals surface area contributed by atoms with Gasteiger partial charge in [0.15, 0.2) is 0 Å². The summed E-state index contributed by atoms with van der Waals surface area (Å²) in [5.74, 6) is -1.01. The average molecular weight is 313 g/mol. The van der Waals surface area contributed by atoms with E-state index in [0.29, 0.717) is 5.69 Å². The van der Waals surface area contributed by atoms with Crippen LogP contribution in [-0.2, 0) is 14.4 Å². The number of rotatable bonds is 4. The lowest BCUT2D eigenvalue weighted by Gasteiger charge is -2.13. The molecular formula is C15H15N5O3. The molecule has 1 N–H and O–H groups in total. The Bertz CT molecular complexity index is 750. The Morgan fingerprint density at radius 3 is 2.39 bits per heavy atom. The van der Waals surface area contributed by atoms with Gasteiger partial charge in [-0.2, -0.15) is 0 Å². The summed E-state index contributed by atoms with van der Waals surface area (Å²) < 4.78 is 1.67. The van der Waals surface area contributed by atoms with Crippen LogP contribution in [0.25, 0.3) is 5.69 Å². The van der Waals surface area contributed by atoms with Gasteiger partial charge in [-0.1, -0.05) is 5.21 Å². The van der Waals surface area contributed by atoms with Crippen LogP contribution >= 0.6 is 0 Å². The number of aryl methyl sites for hydroxylation is 1. The van der Waals surface area contributed by atoms with Crippen LogP contribution in [0.3, 0.4) is 0 Å². The number of hydrogen-bond acceptors (Lipinski definition) is 5. The molecule has 3 amide bonds. The number of carbonyl (C=O) groups is 3. The molecule has 1 aliphatic heterocycles. The van der Waals surface area contributed by atoms with Gasteiger partial charge in [0.1, 0.15) is 6.54 Å². The fourth-order valence-corrected chi connectivity index (χ4v) is 2.37. The van der Waals surface area contributed by atoms with Gasteiger partial charge in [0.2, 0.25) is 17.7 Å². The predicted octanol–water partition coefficient (Wildman–Crippen LogP) is 0.663. The van der Waals surface area contributed by atoms with Crippen LogP contribution in [-0.4, -0.2) is 44.2 Å². The zero-order valence-corrected chi connectivity index (χ0v) is 12.5. The number of likely N-dealkylation sites (tertiary alicyclic amines) is 1. The van der Waals surface area contributed by atoms with Crippen molar-refractivity contribution in [1.29, 1.82) is 0 Å². The zero-order valence-electron chi connectivity index (χ0n) is 12.5. The molecule has 8 nitrogen and oxygen atoms in total. The van der Waals surface area contributed by atoms with Crippen molar-refractivity contribution in [3.8, 4) is 5.69 Å². The standard InChI is InChI=1S/C15H15N5O3/c1-10-8-16-18-20(10)12-4-2-11(3-5-12)17-13(21)9-19-14(22)6-7-15(19)23/h2-5,8H,6-7,9H2,1H3,(H,17,21). The molecule has 0 atom stereocenters. The van der Waals surface area contributed by atoms with E-state index in [1.165, 1.54) is 0 Å². The third-order valence-corrected chi connectivity index (χ3v) is 3.57. The summed E-state index contributed by atoms with van der Waals surface area (Å²) in [4.78, 5) is 35.9. The number of nitrogens with zero attached hydrogens (tertiary/aromatic N) is 4. The maximum Gasteiger partial charge on any atom is 0.244 e. The molecule has 0 bridgehead atoms. The molecule has 3 rings (SSSR count). The molecule has 0 spiro atoms. The molecule has 23 heavy (non-hydrogen) atoms. The highest BCUT2D eigenvalue weighted by Crippen LogP contribution is 2.15. The summed E-state index contributed by atoms with van der Waals surface area (Å²) in [6.45, 7) is 1.64. The first kappa shape index (κ1) is 14.9. The molecule has 1 aliphatic rings. The Labute approximate surface area is 132 Å². The largest absolute Gasteiger partial charge is 0.325 e. The first-order valence-electron chi connectivity index (χ1n) is 7.15. The summed E-state index contributed by atoms with van der Waals surface area (Å²) in [5.41, 5.74) is 2.30. The van der Waals surface area contributed by atoms with E-state index in [2.05, 4.69) is 15.6 Å². The molecule has 1 fully saturated rings. The number of nitrogens with one attached hydrogen (secondary N) is 1. The van der Waals surface area contributed by atoms with Crippen molar-refractivity contribution >= 4 is 23.4 Å². The van der Waals surface area contributed by atoms with E-state index in [4.69, 9.17) is 0 Å². The summed E-state index contributed by atoms with van der Waals surface area (Å²) in [5, 5.41) is 10.4. The van der Waals surface area contributed by atoms with Crippen LogP contribution < -0.4 is 5.32 Å². The van der Waals surface area contributed by atoms with Gasteiger partial charge in [-0.15, -0.1) is 5.10 Å². The van der Waals surface area contributed by atoms with Gasteiger partial charge in [-0.3, -0.25) is 19.3 Å². The minimum atomic E-state index is -0.404. The lowest BCUT2D eigenvalue weighted by molar-refractivity contribution is -0.141. The van der Waals surface area contributed by atoms with Gasteiger partial charge in [-0.05, 0) is 31.2 Å². The van der Waals surface area contributed by atoms with E-state index < -0.39 is 5.91 Å². The fourth-order valence-electron chi connectivity index (χ4n) is 2.37. The number of imide groups is 1. The minimum absolute atomic E-state index is 0.179. The van der Waals surface area contributed by atoms with Crippen molar-refractivity contribution in [2.45, 2.75) is 19.8 Å². The fraction of sp³-hybridized carbons (Fsp3) is 0.267. The van der Waals surface area contributed by atoms with E-state index in [1.54, 1.807) is 35.1 Å². The monoisotopic (exact) mass is 313 g/mol. The Morgan fingerprint density at radius 1 is 1.17 bits per heavy atom. The van der Waals surface area contributed by atoms with Gasteiger partial charge in [-0.25, -0.2) is 4.68 Å². The van der Waals surface area contributed by atoms with Gasteiger partial charge >= 0.3 is 0 Å². The second-order valence-electron chi connectivity index (χ2n) is 5.26. The van der Waals surface area contributed by atoms with Crippen molar-refractivity contribution in [1.82, 2.24) is 19.9 Å². The van der Waals surface area contributed by atoms with Crippen molar-refractivity contribution in [3.05, 3.63) is 36.2 Å². The number of anilines is 1. The quantitative estimate of drug-likeness (QED) is 0.836. The number of benzene rings is 1. The third-order valence-electron chi connectivity index (χ3n) is 3.57. The van der Waals surface area contributed by atoms with Crippen LogP contribution in [0.4, 0.5) is 5.69 Å². The normalized spacial score (nSPS) is 14.4. The van der Waals surface area contributed by atoms with Crippen molar-refractivity contribution in [2.24, 2.45) is 0 Å². The lowest BCUT2D eigenvalue weighted by Crippen LogP contribution is -2.36. The van der Waals surface area contributed by atoms with Gasteiger partial charge in [0, 0.05) is 18.5 Å². The second kappa shape index (κ2) is 5.99. The first-order valence-corrected chi connectivity index (χ1v) is 7.15. The maximum absolute atomic E-state index is 11.9. The molecule has 2 heterocycles. The van der Waals surface area contributed by atoms with Crippen LogP contribution in [0.1, 0.15) is 18.5 Å². The second-order valence-corrected chi connectivity index (χ2v) is 5.26. The predicted molar refractivity (Wildman–Crippen MR) is 80.7 cm³/mol. The highest BCUT2D eigenvalue weighted by atomic mass is 16.2. The average Bonchev–Trinajstić information content (AvgIpc) is 3.09. The lowest BCUT2D eigenvalue weighted by atomic mass is 10.2. The van der Waals surface area contributed by atoms with Gasteiger partial charge in [0.05, 0.1) is 17.6 Å². The summed E-state index contributed by atoms with van der Waals surface area (Å²) >= 11 is 0. The highest BCUT2D eigenvalue weighted by Gasteiger charge is 2.30. The Balaban J connectivity index is 1.64. The van der Waals surface area contributed by atoms with Gasteiger partial charge < -0.3 is 5.32 Å². The topological polar surface area (TPSA) is 97.2 Å². The van der Waals surface area contributed by atoms with Crippen molar-refractivity contribution in [3.63, 3.8) is 0 Å². The van der Waals surface area contributed by atoms with E-state index in [9.17, 15) is 14.4 Å². The molecular weight excluding hydrogens is 298 g/mol. The van der Waals surface area contributed by atoms with Crippen LogP contribution in [0, 0.1) is 6.92 Å². The van der Waals surface area contributed by atoms with Crippen LogP contribution in [0.5, 0.6) is 0 Å². The number of hydrogen-bond donors (Lipinski definition) is 1. The number of amides is 3. The van der Waals surface area contributed by atoms with E-state index in [0.717, 1.165) is 16.3 Å². The van der Waals surface area contributed by atoms with Crippen LogP contribution in [0.2, 0.25) is 0 Å². The Kier molecular flexibility index (Phi) is 3.88. The summed E-state index contributed by atoms with van der Waals surface area (Å²) in [7, 11) is 0. The molecule has 118 valence electrons. The number of aromatic nitrogens is 3. The van der Waals surface area contributed by atoms with Crippen LogP contribution in [0.15, 0.2) is 30.5 Å². The molecule has 0 unspecified atom stereocenters. The smallest absolute Gasteiger partial charge is 0.244 e. The molecule has 1 aromatic carbocycles. The van der Waals surface area contributed by atoms with E-state index >= 15 is 0 Å². The molecule has 0 aliphatic carbocycles. The summed E-state index contributed by atoms with van der Waals surface area (Å²) in [6.07, 6.45) is 2.01. The van der Waals surface area contributed by atoms with E-state index in [1.807, 2.05) is 6.92 Å². The van der Waals surface area contributed by atoms with E-state index in [-0.39, 0.29) is 31.2 Å². The molecule has 1 saturated heterocycles. The molecule has 0 saturated carbocycles. The SMILES string of the molecule is Cc1cnnn1-c1ccc(NC(=O)CN2C(=O)CCC2=O)cc1. The van der Waals surface area contributed by atoms with Crippen molar-refractivity contribution in [2.75, 3.05) is 11.9 Å². The van der Waals surface area contributed by atoms with Crippen molar-refractivity contribution < 1.29 is 14.4 Å². The number of carbonyl (C=O) groups excluding carboxylic acids is 3. The zero-order chi connectivity index (χ0) is 16.4. The Morgan fingerprint density at radius 2 is 1.83 bits per heavy atom. The molecule has 2 aromatic rings. The molecule has 0 radical (unpaired) electrons. The van der Waals surface area contributed by atoms with Gasteiger partial charge in [0.25, 0.3) is 0 Å². The minimum Gasteiger partial charge on any atom is -0.325 e.